The lowest BCUT2D eigenvalue weighted by Crippen LogP contribution is -2.38. The first-order valence-corrected chi connectivity index (χ1v) is 5.25. The van der Waals surface area contributed by atoms with Gasteiger partial charge in [-0.3, -0.25) is 4.99 Å². The van der Waals surface area contributed by atoms with Crippen molar-refractivity contribution in [2.45, 2.75) is 25.8 Å². The van der Waals surface area contributed by atoms with Crippen LogP contribution in [0.4, 0.5) is 0 Å². The van der Waals surface area contributed by atoms with E-state index in [-0.39, 0.29) is 0 Å². The van der Waals surface area contributed by atoms with Crippen LogP contribution in [0.25, 0.3) is 0 Å². The molecule has 3 nitrogen and oxygen atoms in total. The van der Waals surface area contributed by atoms with Gasteiger partial charge in [-0.1, -0.05) is 30.3 Å². The fourth-order valence-electron chi connectivity index (χ4n) is 1.42. The quantitative estimate of drug-likeness (QED) is 0.578. The van der Waals surface area contributed by atoms with Crippen molar-refractivity contribution in [1.29, 1.82) is 0 Å². The van der Waals surface area contributed by atoms with E-state index in [9.17, 15) is 0 Å². The van der Waals surface area contributed by atoms with Crippen molar-refractivity contribution in [2.75, 3.05) is 7.05 Å². The average molecular weight is 205 g/mol. The minimum Gasteiger partial charge on any atom is -0.370 e. The van der Waals surface area contributed by atoms with Gasteiger partial charge in [-0.2, -0.15) is 0 Å². The number of aliphatic imine (C=N–C) groups is 1. The summed E-state index contributed by atoms with van der Waals surface area (Å²) in [5.41, 5.74) is 6.94. The lowest BCUT2D eigenvalue weighted by molar-refractivity contribution is 0.603. The predicted molar refractivity (Wildman–Crippen MR) is 64.9 cm³/mol. The SMILES string of the molecule is CN=C(N)NC(C)CCc1ccccc1. The highest BCUT2D eigenvalue weighted by Crippen LogP contribution is 2.04. The molecule has 0 aromatic heterocycles. The monoisotopic (exact) mass is 205 g/mol. The molecule has 0 fully saturated rings. The summed E-state index contributed by atoms with van der Waals surface area (Å²) in [4.78, 5) is 3.87. The van der Waals surface area contributed by atoms with E-state index in [1.807, 2.05) is 6.07 Å². The minimum atomic E-state index is 0.355. The van der Waals surface area contributed by atoms with Crippen molar-refractivity contribution >= 4 is 5.96 Å². The van der Waals surface area contributed by atoms with E-state index >= 15 is 0 Å². The highest BCUT2D eigenvalue weighted by molar-refractivity contribution is 5.77. The number of nitrogens with one attached hydrogen (secondary N) is 1. The molecule has 0 aliphatic rings. The Morgan fingerprint density at radius 3 is 2.67 bits per heavy atom. The topological polar surface area (TPSA) is 50.4 Å². The number of aryl methyl sites for hydroxylation is 1. The summed E-state index contributed by atoms with van der Waals surface area (Å²) in [7, 11) is 1.69. The second kappa shape index (κ2) is 6.06. The third-order valence-electron chi connectivity index (χ3n) is 2.34. The van der Waals surface area contributed by atoms with Gasteiger partial charge in [-0.05, 0) is 25.3 Å². The summed E-state index contributed by atoms with van der Waals surface area (Å²) in [6.07, 6.45) is 2.12. The maximum Gasteiger partial charge on any atom is 0.188 e. The summed E-state index contributed by atoms with van der Waals surface area (Å²) >= 11 is 0. The van der Waals surface area contributed by atoms with Crippen molar-refractivity contribution in [1.82, 2.24) is 5.32 Å². The first-order valence-electron chi connectivity index (χ1n) is 5.25. The third-order valence-corrected chi connectivity index (χ3v) is 2.34. The second-order valence-electron chi connectivity index (χ2n) is 3.68. The van der Waals surface area contributed by atoms with Crippen LogP contribution < -0.4 is 11.1 Å². The van der Waals surface area contributed by atoms with Gasteiger partial charge in [0, 0.05) is 13.1 Å². The van der Waals surface area contributed by atoms with Crippen molar-refractivity contribution in [2.24, 2.45) is 10.7 Å². The summed E-state index contributed by atoms with van der Waals surface area (Å²) in [6, 6.07) is 10.8. The van der Waals surface area contributed by atoms with Crippen LogP contribution in [0, 0.1) is 0 Å². The average Bonchev–Trinajstić information content (AvgIpc) is 2.27. The maximum absolute atomic E-state index is 5.58. The number of rotatable bonds is 4. The fourth-order valence-corrected chi connectivity index (χ4v) is 1.42. The van der Waals surface area contributed by atoms with Gasteiger partial charge in [0.05, 0.1) is 0 Å². The molecule has 15 heavy (non-hydrogen) atoms. The number of hydrogen-bond donors (Lipinski definition) is 2. The van der Waals surface area contributed by atoms with Gasteiger partial charge in [-0.15, -0.1) is 0 Å². The van der Waals surface area contributed by atoms with Gasteiger partial charge in [-0.25, -0.2) is 0 Å². The normalized spacial score (nSPS) is 13.6. The van der Waals surface area contributed by atoms with Crippen LogP contribution in [-0.2, 0) is 6.42 Å². The largest absolute Gasteiger partial charge is 0.370 e. The smallest absolute Gasteiger partial charge is 0.188 e. The Morgan fingerprint density at radius 1 is 1.40 bits per heavy atom. The molecule has 3 heteroatoms. The molecule has 1 atom stereocenters. The van der Waals surface area contributed by atoms with Gasteiger partial charge < -0.3 is 11.1 Å². The standard InChI is InChI=1S/C12H19N3/c1-10(15-12(13)14-2)8-9-11-6-4-3-5-7-11/h3-7,10H,8-9H2,1-2H3,(H3,13,14,15). The zero-order valence-electron chi connectivity index (χ0n) is 9.40. The van der Waals surface area contributed by atoms with E-state index in [1.165, 1.54) is 5.56 Å². The molecular formula is C12H19N3. The number of nitrogens with zero attached hydrogens (tertiary/aromatic N) is 1. The van der Waals surface area contributed by atoms with Gasteiger partial charge in [0.25, 0.3) is 0 Å². The van der Waals surface area contributed by atoms with E-state index in [0.717, 1.165) is 12.8 Å². The molecule has 0 radical (unpaired) electrons. The first-order chi connectivity index (χ1) is 7.22. The molecule has 0 amide bonds. The number of nitrogens with two attached hydrogens (primary N) is 1. The zero-order valence-corrected chi connectivity index (χ0v) is 9.40. The van der Waals surface area contributed by atoms with E-state index in [4.69, 9.17) is 5.73 Å². The van der Waals surface area contributed by atoms with E-state index in [2.05, 4.69) is 41.5 Å². The van der Waals surface area contributed by atoms with Crippen LogP contribution in [0.2, 0.25) is 0 Å². The Kier molecular flexibility index (Phi) is 4.68. The van der Waals surface area contributed by atoms with Gasteiger partial charge in [0.15, 0.2) is 5.96 Å². The molecule has 1 aromatic rings. The summed E-state index contributed by atoms with van der Waals surface area (Å²) < 4.78 is 0. The van der Waals surface area contributed by atoms with Crippen molar-refractivity contribution in [3.8, 4) is 0 Å². The molecule has 3 N–H and O–H groups in total. The Labute approximate surface area is 91.4 Å². The lowest BCUT2D eigenvalue weighted by atomic mass is 10.1. The van der Waals surface area contributed by atoms with Crippen LogP contribution >= 0.6 is 0 Å². The van der Waals surface area contributed by atoms with E-state index < -0.39 is 0 Å². The van der Waals surface area contributed by atoms with Crippen molar-refractivity contribution in [3.05, 3.63) is 35.9 Å². The van der Waals surface area contributed by atoms with Crippen LogP contribution in [-0.4, -0.2) is 19.0 Å². The molecule has 0 spiro atoms. The molecule has 1 aromatic carbocycles. The zero-order chi connectivity index (χ0) is 11.1. The van der Waals surface area contributed by atoms with Crippen LogP contribution in [0.5, 0.6) is 0 Å². The first kappa shape index (κ1) is 11.6. The maximum atomic E-state index is 5.58. The Bertz CT molecular complexity index is 306. The molecule has 1 unspecified atom stereocenters. The summed E-state index contributed by atoms with van der Waals surface area (Å²) in [5, 5.41) is 3.13. The summed E-state index contributed by atoms with van der Waals surface area (Å²) in [6.45, 7) is 2.11. The van der Waals surface area contributed by atoms with E-state index in [1.54, 1.807) is 7.05 Å². The highest BCUT2D eigenvalue weighted by Gasteiger charge is 2.02. The van der Waals surface area contributed by atoms with Crippen LogP contribution in [0.1, 0.15) is 18.9 Å². The number of benzene rings is 1. The van der Waals surface area contributed by atoms with E-state index in [0.29, 0.717) is 12.0 Å². The molecule has 82 valence electrons. The Morgan fingerprint density at radius 2 is 2.07 bits per heavy atom. The molecular weight excluding hydrogens is 186 g/mol. The Hall–Kier alpha value is -1.51. The molecule has 0 heterocycles. The van der Waals surface area contributed by atoms with Gasteiger partial charge >= 0.3 is 0 Å². The Balaban J connectivity index is 2.31. The lowest BCUT2D eigenvalue weighted by Gasteiger charge is -2.13. The molecule has 0 bridgehead atoms. The number of hydrogen-bond acceptors (Lipinski definition) is 1. The predicted octanol–water partition coefficient (Wildman–Crippen LogP) is 1.54. The number of guanidine groups is 1. The second-order valence-corrected chi connectivity index (χ2v) is 3.68. The molecule has 0 saturated carbocycles. The third kappa shape index (κ3) is 4.49. The highest BCUT2D eigenvalue weighted by atomic mass is 15.1. The summed E-state index contributed by atoms with van der Waals surface area (Å²) in [5.74, 6) is 0.510. The van der Waals surface area contributed by atoms with Crippen molar-refractivity contribution in [3.63, 3.8) is 0 Å². The molecule has 1 rings (SSSR count). The van der Waals surface area contributed by atoms with Crippen molar-refractivity contribution < 1.29 is 0 Å². The minimum absolute atomic E-state index is 0.355. The molecule has 0 aliphatic carbocycles. The fraction of sp³-hybridized carbons (Fsp3) is 0.417. The molecule has 0 saturated heterocycles. The van der Waals surface area contributed by atoms with Crippen LogP contribution in [0.3, 0.4) is 0 Å². The van der Waals surface area contributed by atoms with Gasteiger partial charge in [0.2, 0.25) is 0 Å². The molecule has 0 aliphatic heterocycles. The van der Waals surface area contributed by atoms with Crippen LogP contribution in [0.15, 0.2) is 35.3 Å². The van der Waals surface area contributed by atoms with Gasteiger partial charge in [0.1, 0.15) is 0 Å².